The number of unbranched alkanes of at least 4 members (excludes halogenated alkanes) is 2. The molecule has 2 aromatic heterocycles. The van der Waals surface area contributed by atoms with Crippen molar-refractivity contribution >= 4 is 41.1 Å². The van der Waals surface area contributed by atoms with E-state index in [4.69, 9.17) is 10.5 Å². The van der Waals surface area contributed by atoms with Crippen LogP contribution in [0.3, 0.4) is 0 Å². The zero-order valence-corrected chi connectivity index (χ0v) is 35.9. The Morgan fingerprint density at radius 2 is 1.66 bits per heavy atom. The van der Waals surface area contributed by atoms with Crippen LogP contribution < -0.4 is 21.7 Å². The predicted octanol–water partition coefficient (Wildman–Crippen LogP) is 5.82. The van der Waals surface area contributed by atoms with Gasteiger partial charge in [-0.15, -0.1) is 11.3 Å². The third-order valence-electron chi connectivity index (χ3n) is 10.0. The number of benzene rings is 1. The van der Waals surface area contributed by atoms with Crippen LogP contribution in [0.4, 0.5) is 4.79 Å². The van der Waals surface area contributed by atoms with E-state index in [9.17, 15) is 29.1 Å². The number of nitrogens with zero attached hydrogens (tertiary/aromatic N) is 3. The molecule has 1 aliphatic heterocycles. The van der Waals surface area contributed by atoms with Gasteiger partial charge in [-0.05, 0) is 88.5 Å². The van der Waals surface area contributed by atoms with Gasteiger partial charge in [0.1, 0.15) is 17.7 Å². The molecule has 1 aliphatic rings. The molecule has 5 amide bonds. The topological polar surface area (TPSA) is 206 Å². The summed E-state index contributed by atoms with van der Waals surface area (Å²) >= 11 is 1.57. The molecule has 14 nitrogen and oxygen atoms in total. The normalized spacial score (nSPS) is 17.2. The fourth-order valence-electron chi connectivity index (χ4n) is 6.86. The molecular formula is C43H61N7O7S. The van der Waals surface area contributed by atoms with Crippen LogP contribution in [0.1, 0.15) is 128 Å². The number of alkyl carbamates (subject to hydrolysis) is 1. The quantitative estimate of drug-likeness (QED) is 0.104. The molecule has 0 aliphatic carbocycles. The zero-order chi connectivity index (χ0) is 42.8. The summed E-state index contributed by atoms with van der Waals surface area (Å²) in [5.41, 5.74) is 10.3. The van der Waals surface area contributed by atoms with Gasteiger partial charge in [-0.2, -0.15) is 0 Å². The number of hydrogen-bond donors (Lipinski definition) is 5. The molecule has 3 aromatic rings. The second kappa shape index (κ2) is 20.2. The number of aryl methyl sites for hydroxylation is 2. The van der Waals surface area contributed by atoms with E-state index in [0.717, 1.165) is 46.5 Å². The molecule has 15 heteroatoms. The van der Waals surface area contributed by atoms with Gasteiger partial charge in [0.2, 0.25) is 23.6 Å². The van der Waals surface area contributed by atoms with Crippen molar-refractivity contribution in [3.63, 3.8) is 0 Å². The van der Waals surface area contributed by atoms with Crippen molar-refractivity contribution in [2.75, 3.05) is 6.54 Å². The fourth-order valence-corrected chi connectivity index (χ4v) is 7.67. The second-order valence-corrected chi connectivity index (χ2v) is 18.1. The van der Waals surface area contributed by atoms with Crippen LogP contribution in [0.25, 0.3) is 10.4 Å². The second-order valence-electron chi connectivity index (χ2n) is 17.2. The molecule has 0 spiro atoms. The van der Waals surface area contributed by atoms with Crippen LogP contribution >= 0.6 is 11.3 Å². The number of thiazole rings is 1. The van der Waals surface area contributed by atoms with Crippen molar-refractivity contribution in [1.29, 1.82) is 0 Å². The maximum absolute atomic E-state index is 14.1. The summed E-state index contributed by atoms with van der Waals surface area (Å²) in [6.07, 6.45) is 3.84. The van der Waals surface area contributed by atoms with Gasteiger partial charge in [0.05, 0.1) is 40.0 Å². The molecule has 6 N–H and O–H groups in total. The number of nitrogens with one attached hydrogen (secondary N) is 3. The Labute approximate surface area is 346 Å². The van der Waals surface area contributed by atoms with Crippen LogP contribution in [0.5, 0.6) is 0 Å². The average Bonchev–Trinajstić information content (AvgIpc) is 3.76. The Balaban J connectivity index is 1.27. The summed E-state index contributed by atoms with van der Waals surface area (Å²) in [4.78, 5) is 76.1. The third-order valence-corrected chi connectivity index (χ3v) is 11.0. The summed E-state index contributed by atoms with van der Waals surface area (Å²) in [5, 5.41) is 19.4. The lowest BCUT2D eigenvalue weighted by Gasteiger charge is -2.35. The van der Waals surface area contributed by atoms with E-state index in [0.29, 0.717) is 12.1 Å². The number of carbonyl (C=O) groups excluding carboxylic acids is 5. The first-order valence-corrected chi connectivity index (χ1v) is 20.9. The predicted molar refractivity (Wildman–Crippen MR) is 223 cm³/mol. The van der Waals surface area contributed by atoms with Crippen molar-refractivity contribution < 1.29 is 33.8 Å². The number of carbonyl (C=O) groups is 5. The van der Waals surface area contributed by atoms with Crippen LogP contribution in [0.15, 0.2) is 48.1 Å². The van der Waals surface area contributed by atoms with E-state index in [1.165, 1.54) is 4.90 Å². The molecule has 0 saturated carbocycles. The van der Waals surface area contributed by atoms with Crippen molar-refractivity contribution in [3.8, 4) is 10.4 Å². The van der Waals surface area contributed by atoms with Crippen molar-refractivity contribution in [2.45, 2.75) is 143 Å². The summed E-state index contributed by atoms with van der Waals surface area (Å²) in [5.74, 6) is -1.49. The molecule has 316 valence electrons. The molecule has 0 radical (unpaired) electrons. The first kappa shape index (κ1) is 45.8. The number of aromatic nitrogens is 2. The smallest absolute Gasteiger partial charge is 0.408 e. The number of aliphatic hydroxyl groups is 1. The molecule has 5 atom stereocenters. The first-order chi connectivity index (χ1) is 27.2. The van der Waals surface area contributed by atoms with E-state index in [1.807, 2.05) is 76.5 Å². The molecule has 1 saturated heterocycles. The third kappa shape index (κ3) is 13.6. The van der Waals surface area contributed by atoms with Gasteiger partial charge in [-0.1, -0.05) is 57.5 Å². The average molecular weight is 820 g/mol. The molecule has 4 rings (SSSR count). The Kier molecular flexibility index (Phi) is 15.9. The van der Waals surface area contributed by atoms with Crippen LogP contribution in [0, 0.1) is 12.3 Å². The fraction of sp³-hybridized carbons (Fsp3) is 0.558. The van der Waals surface area contributed by atoms with E-state index < -0.39 is 53.2 Å². The van der Waals surface area contributed by atoms with Crippen molar-refractivity contribution in [3.05, 3.63) is 70.6 Å². The van der Waals surface area contributed by atoms with Gasteiger partial charge >= 0.3 is 6.09 Å². The maximum Gasteiger partial charge on any atom is 0.408 e. The lowest BCUT2D eigenvalue weighted by molar-refractivity contribution is -0.144. The number of β-amino-alcohol motifs (C(OH)–C–C–N with tert-alkyl or cyclic N) is 1. The Hall–Kier alpha value is -4.89. The molecule has 3 unspecified atom stereocenters. The van der Waals surface area contributed by atoms with Gasteiger partial charge in [0, 0.05) is 32.0 Å². The van der Waals surface area contributed by atoms with Gasteiger partial charge in [0.25, 0.3) is 0 Å². The molecule has 0 bridgehead atoms. The maximum atomic E-state index is 14.1. The minimum absolute atomic E-state index is 0.000763. The summed E-state index contributed by atoms with van der Waals surface area (Å²) in [6, 6.07) is 9.01. The Bertz CT molecular complexity index is 1870. The van der Waals surface area contributed by atoms with E-state index in [2.05, 4.69) is 25.9 Å². The van der Waals surface area contributed by atoms with Crippen molar-refractivity contribution in [2.24, 2.45) is 11.1 Å². The SMILES string of the molecule is Cc1ncsc1-c1ccc(C(C)NC(=O)[C@@H]2C[C@@H](O)CN2C(=O)C(NC(=O)CCCCCc2ccc(C(CCC(N)=O)NC(=O)OC(C)(C)C)nc2)C(C)(C)C)cc1. The molecule has 1 fully saturated rings. The molecule has 58 heavy (non-hydrogen) atoms. The minimum Gasteiger partial charge on any atom is -0.444 e. The number of amides is 5. The summed E-state index contributed by atoms with van der Waals surface area (Å²) < 4.78 is 5.37. The largest absolute Gasteiger partial charge is 0.444 e. The lowest BCUT2D eigenvalue weighted by atomic mass is 9.85. The highest BCUT2D eigenvalue weighted by Gasteiger charge is 2.44. The number of pyridine rings is 1. The number of rotatable bonds is 17. The number of likely N-dealkylation sites (tertiary alicyclic amines) is 1. The number of nitrogens with two attached hydrogens (primary N) is 1. The molecule has 1 aromatic carbocycles. The first-order valence-electron chi connectivity index (χ1n) is 20.0. The highest BCUT2D eigenvalue weighted by Crippen LogP contribution is 2.30. The van der Waals surface area contributed by atoms with Crippen LogP contribution in [-0.2, 0) is 30.3 Å². The number of hydrogen-bond acceptors (Lipinski definition) is 10. The molecule has 3 heterocycles. The van der Waals surface area contributed by atoms with Crippen LogP contribution in [0.2, 0.25) is 0 Å². The zero-order valence-electron chi connectivity index (χ0n) is 35.1. The van der Waals surface area contributed by atoms with Gasteiger partial charge < -0.3 is 36.4 Å². The summed E-state index contributed by atoms with van der Waals surface area (Å²) in [6.45, 7) is 14.7. The van der Waals surface area contributed by atoms with Crippen LogP contribution in [-0.4, -0.2) is 80.0 Å². The van der Waals surface area contributed by atoms with Gasteiger partial charge in [-0.25, -0.2) is 9.78 Å². The highest BCUT2D eigenvalue weighted by molar-refractivity contribution is 7.13. The standard InChI is InChI=1S/C43H61N7O7S/c1-26(29-15-17-30(18-16-29)37-27(2)46-25-58-37)47-39(54)34-22-31(51)24-50(34)40(55)38(42(3,4)5)49-36(53)13-11-9-10-12-28-14-19-32(45-23-28)33(20-21-35(44)52)48-41(56)57-43(6,7)8/h14-19,23,25-26,31,33-34,38,51H,9-13,20-22,24H2,1-8H3,(H2,44,52)(H,47,54)(H,48,56)(H,49,53)/t26?,31-,33?,34+,38?/m1/s1. The van der Waals surface area contributed by atoms with E-state index >= 15 is 0 Å². The minimum atomic E-state index is -0.901. The van der Waals surface area contributed by atoms with E-state index in [1.54, 1.807) is 38.3 Å². The number of aliphatic hydroxyl groups excluding tert-OH is 1. The van der Waals surface area contributed by atoms with Gasteiger partial charge in [0.15, 0.2) is 0 Å². The lowest BCUT2D eigenvalue weighted by Crippen LogP contribution is -2.57. The summed E-state index contributed by atoms with van der Waals surface area (Å²) in [7, 11) is 0. The highest BCUT2D eigenvalue weighted by atomic mass is 32.1. The van der Waals surface area contributed by atoms with Crippen molar-refractivity contribution in [1.82, 2.24) is 30.8 Å². The Morgan fingerprint density at radius 1 is 0.948 bits per heavy atom. The molecular weight excluding hydrogens is 759 g/mol. The Morgan fingerprint density at radius 3 is 2.24 bits per heavy atom. The number of ether oxygens (including phenoxy) is 1. The van der Waals surface area contributed by atoms with E-state index in [-0.39, 0.29) is 50.1 Å². The number of primary amides is 1. The monoisotopic (exact) mass is 819 g/mol. The van der Waals surface area contributed by atoms with Gasteiger partial charge in [-0.3, -0.25) is 24.2 Å².